The smallest absolute Gasteiger partial charge is 0.274 e. The van der Waals surface area contributed by atoms with Gasteiger partial charge in [-0.15, -0.1) is 0 Å². The lowest BCUT2D eigenvalue weighted by molar-refractivity contribution is -0.125. The van der Waals surface area contributed by atoms with Crippen molar-refractivity contribution in [3.05, 3.63) is 35.6 Å². The van der Waals surface area contributed by atoms with Gasteiger partial charge in [0, 0.05) is 25.6 Å². The van der Waals surface area contributed by atoms with Gasteiger partial charge in [0.05, 0.1) is 0 Å². The van der Waals surface area contributed by atoms with Gasteiger partial charge in [-0.1, -0.05) is 0 Å². The molecule has 5 heteroatoms. The average molecular weight is 247 g/mol. The third-order valence-electron chi connectivity index (χ3n) is 3.68. The standard InChI is InChI=1S/C13H14FN3O/c1-17-12(18)11(9-2-4-10(14)5-3-9)16-13(17)6-7-15-8-13/h2-5,15H,6-8H2,1H3/t13-/m1/s1. The summed E-state index contributed by atoms with van der Waals surface area (Å²) in [5.74, 6) is -0.402. The fourth-order valence-corrected chi connectivity index (χ4v) is 2.52. The van der Waals surface area contributed by atoms with Crippen LogP contribution < -0.4 is 5.32 Å². The summed E-state index contributed by atoms with van der Waals surface area (Å²) in [5, 5.41) is 3.23. The topological polar surface area (TPSA) is 44.7 Å². The van der Waals surface area contributed by atoms with Gasteiger partial charge in [-0.3, -0.25) is 4.79 Å². The van der Waals surface area contributed by atoms with Crippen molar-refractivity contribution < 1.29 is 9.18 Å². The number of nitrogens with zero attached hydrogens (tertiary/aromatic N) is 2. The van der Waals surface area contributed by atoms with Crippen molar-refractivity contribution in [3.63, 3.8) is 0 Å². The van der Waals surface area contributed by atoms with Crippen molar-refractivity contribution in [1.29, 1.82) is 0 Å². The van der Waals surface area contributed by atoms with E-state index in [1.54, 1.807) is 24.1 Å². The molecule has 1 spiro atoms. The zero-order chi connectivity index (χ0) is 12.8. The summed E-state index contributed by atoms with van der Waals surface area (Å²) in [6.45, 7) is 1.54. The van der Waals surface area contributed by atoms with Crippen LogP contribution in [0.3, 0.4) is 0 Å². The van der Waals surface area contributed by atoms with Gasteiger partial charge in [0.25, 0.3) is 5.91 Å². The van der Waals surface area contributed by atoms with E-state index >= 15 is 0 Å². The van der Waals surface area contributed by atoms with Crippen LogP contribution in [0.25, 0.3) is 0 Å². The van der Waals surface area contributed by atoms with E-state index in [2.05, 4.69) is 10.3 Å². The van der Waals surface area contributed by atoms with Crippen LogP contribution in [-0.4, -0.2) is 42.3 Å². The van der Waals surface area contributed by atoms with Crippen LogP contribution in [0.4, 0.5) is 4.39 Å². The van der Waals surface area contributed by atoms with Gasteiger partial charge in [-0.05, 0) is 30.8 Å². The molecule has 0 aromatic heterocycles. The highest BCUT2D eigenvalue weighted by Crippen LogP contribution is 2.30. The predicted molar refractivity (Wildman–Crippen MR) is 65.9 cm³/mol. The molecule has 0 bridgehead atoms. The second-order valence-corrected chi connectivity index (χ2v) is 4.74. The molecular weight excluding hydrogens is 233 g/mol. The van der Waals surface area contributed by atoms with Gasteiger partial charge in [0.15, 0.2) is 0 Å². The first-order valence-electron chi connectivity index (χ1n) is 5.97. The second kappa shape index (κ2) is 3.88. The number of halogens is 1. The van der Waals surface area contributed by atoms with E-state index in [4.69, 9.17) is 0 Å². The highest BCUT2D eigenvalue weighted by atomic mass is 19.1. The molecule has 1 aromatic carbocycles. The minimum atomic E-state index is -0.444. The summed E-state index contributed by atoms with van der Waals surface area (Å²) in [7, 11) is 1.77. The van der Waals surface area contributed by atoms with Crippen molar-refractivity contribution >= 4 is 11.6 Å². The first kappa shape index (κ1) is 11.3. The molecule has 1 amide bonds. The Morgan fingerprint density at radius 2 is 2.11 bits per heavy atom. The molecule has 2 aliphatic heterocycles. The molecular formula is C13H14FN3O. The van der Waals surface area contributed by atoms with Gasteiger partial charge < -0.3 is 10.2 Å². The van der Waals surface area contributed by atoms with Crippen LogP contribution in [0, 0.1) is 5.82 Å². The van der Waals surface area contributed by atoms with E-state index in [-0.39, 0.29) is 11.7 Å². The molecule has 0 aliphatic carbocycles. The summed E-state index contributed by atoms with van der Waals surface area (Å²) in [4.78, 5) is 18.5. The van der Waals surface area contributed by atoms with Gasteiger partial charge in [-0.2, -0.15) is 0 Å². The summed E-state index contributed by atoms with van der Waals surface area (Å²) in [6.07, 6.45) is 0.819. The van der Waals surface area contributed by atoms with Crippen LogP contribution in [-0.2, 0) is 4.79 Å². The number of amides is 1. The van der Waals surface area contributed by atoms with E-state index in [1.807, 2.05) is 0 Å². The quantitative estimate of drug-likeness (QED) is 0.797. The molecule has 1 aromatic rings. The molecule has 94 valence electrons. The second-order valence-electron chi connectivity index (χ2n) is 4.74. The molecule has 0 unspecified atom stereocenters. The Bertz CT molecular complexity index is 518. The Balaban J connectivity index is 2.01. The number of hydrogen-bond donors (Lipinski definition) is 1. The lowest BCUT2D eigenvalue weighted by Crippen LogP contribution is -2.45. The lowest BCUT2D eigenvalue weighted by Gasteiger charge is -2.28. The predicted octanol–water partition coefficient (Wildman–Crippen LogP) is 0.776. The Hall–Kier alpha value is -1.75. The first-order chi connectivity index (χ1) is 8.62. The average Bonchev–Trinajstić information content (AvgIpc) is 2.93. The maximum absolute atomic E-state index is 12.9. The maximum atomic E-state index is 12.9. The fraction of sp³-hybridized carbons (Fsp3) is 0.385. The number of likely N-dealkylation sites (N-methyl/N-ethyl adjacent to an activating group) is 1. The van der Waals surface area contributed by atoms with Crippen molar-refractivity contribution in [2.75, 3.05) is 20.1 Å². The number of rotatable bonds is 1. The van der Waals surface area contributed by atoms with Crippen LogP contribution >= 0.6 is 0 Å². The molecule has 1 saturated heterocycles. The van der Waals surface area contributed by atoms with Gasteiger partial charge in [0.1, 0.15) is 17.2 Å². The Morgan fingerprint density at radius 3 is 2.72 bits per heavy atom. The molecule has 18 heavy (non-hydrogen) atoms. The van der Waals surface area contributed by atoms with E-state index in [0.717, 1.165) is 13.0 Å². The Labute approximate surface area is 105 Å². The third-order valence-corrected chi connectivity index (χ3v) is 3.68. The molecule has 4 nitrogen and oxygen atoms in total. The number of benzene rings is 1. The zero-order valence-corrected chi connectivity index (χ0v) is 10.1. The van der Waals surface area contributed by atoms with Crippen molar-refractivity contribution in [2.24, 2.45) is 4.99 Å². The Morgan fingerprint density at radius 1 is 1.39 bits per heavy atom. The van der Waals surface area contributed by atoms with Crippen LogP contribution in [0.1, 0.15) is 12.0 Å². The highest BCUT2D eigenvalue weighted by Gasteiger charge is 2.46. The van der Waals surface area contributed by atoms with Crippen molar-refractivity contribution in [1.82, 2.24) is 10.2 Å². The molecule has 3 rings (SSSR count). The zero-order valence-electron chi connectivity index (χ0n) is 10.1. The SMILES string of the molecule is CN1C(=O)C(c2ccc(F)cc2)=N[C@]12CCNC2. The first-order valence-corrected chi connectivity index (χ1v) is 5.97. The minimum Gasteiger partial charge on any atom is -0.314 e. The number of carbonyl (C=O) groups excluding carboxylic acids is 1. The van der Waals surface area contributed by atoms with Gasteiger partial charge in [-0.25, -0.2) is 9.38 Å². The molecule has 1 N–H and O–H groups in total. The number of carbonyl (C=O) groups is 1. The fourth-order valence-electron chi connectivity index (χ4n) is 2.52. The van der Waals surface area contributed by atoms with E-state index in [0.29, 0.717) is 17.8 Å². The van der Waals surface area contributed by atoms with E-state index in [1.165, 1.54) is 12.1 Å². The number of aliphatic imine (C=N–C) groups is 1. The van der Waals surface area contributed by atoms with Crippen molar-refractivity contribution in [3.8, 4) is 0 Å². The van der Waals surface area contributed by atoms with Gasteiger partial charge >= 0.3 is 0 Å². The summed E-state index contributed by atoms with van der Waals surface area (Å²) in [6, 6.07) is 5.90. The molecule has 1 fully saturated rings. The molecule has 0 radical (unpaired) electrons. The van der Waals surface area contributed by atoms with Crippen molar-refractivity contribution in [2.45, 2.75) is 12.1 Å². The maximum Gasteiger partial charge on any atom is 0.274 e. The van der Waals surface area contributed by atoms with Crippen LogP contribution in [0.2, 0.25) is 0 Å². The van der Waals surface area contributed by atoms with Crippen LogP contribution in [0.5, 0.6) is 0 Å². The van der Waals surface area contributed by atoms with E-state index in [9.17, 15) is 9.18 Å². The van der Waals surface area contributed by atoms with Gasteiger partial charge in [0.2, 0.25) is 0 Å². The minimum absolute atomic E-state index is 0.0923. The Kier molecular flexibility index (Phi) is 2.45. The molecule has 2 aliphatic rings. The molecule has 0 saturated carbocycles. The number of nitrogens with one attached hydrogen (secondary N) is 1. The molecule has 1 atom stereocenters. The monoisotopic (exact) mass is 247 g/mol. The number of hydrogen-bond acceptors (Lipinski definition) is 3. The lowest BCUT2D eigenvalue weighted by atomic mass is 10.1. The largest absolute Gasteiger partial charge is 0.314 e. The van der Waals surface area contributed by atoms with Crippen LogP contribution in [0.15, 0.2) is 29.3 Å². The van der Waals surface area contributed by atoms with E-state index < -0.39 is 5.66 Å². The summed E-state index contributed by atoms with van der Waals surface area (Å²) < 4.78 is 12.9. The normalized spacial score (nSPS) is 27.1. The highest BCUT2D eigenvalue weighted by molar-refractivity contribution is 6.46. The third kappa shape index (κ3) is 1.54. The molecule has 2 heterocycles. The summed E-state index contributed by atoms with van der Waals surface area (Å²) >= 11 is 0. The summed E-state index contributed by atoms with van der Waals surface area (Å²) in [5.41, 5.74) is 0.666.